The normalized spacial score (nSPS) is 15.9. The third kappa shape index (κ3) is 5.16. The molecule has 1 aromatic rings. The summed E-state index contributed by atoms with van der Waals surface area (Å²) < 4.78 is 0. The third-order valence-electron chi connectivity index (χ3n) is 4.66. The van der Waals surface area contributed by atoms with E-state index in [1.807, 2.05) is 20.8 Å². The number of nitrogen functional groups attached to an aromatic ring is 1. The minimum atomic E-state index is -1.03. The number of benzene rings is 1. The van der Waals surface area contributed by atoms with Gasteiger partial charge >= 0.3 is 0 Å². The summed E-state index contributed by atoms with van der Waals surface area (Å²) in [6.45, 7) is 5.56. The highest BCUT2D eigenvalue weighted by molar-refractivity contribution is 6.38. The molecule has 1 aliphatic rings. The van der Waals surface area contributed by atoms with Gasteiger partial charge in [0.25, 0.3) is 0 Å². The number of rotatable bonds is 6. The predicted molar refractivity (Wildman–Crippen MR) is 108 cm³/mol. The molecule has 1 unspecified atom stereocenters. The fraction of sp³-hybridized carbons (Fsp3) is 0.526. The average Bonchev–Trinajstić information content (AvgIpc) is 2.91. The maximum Gasteiger partial charge on any atom is 0.229 e. The molecule has 154 valence electrons. The summed E-state index contributed by atoms with van der Waals surface area (Å²) in [6, 6.07) is 3.03. The number of β-amino-alcohol motifs (C(OH)–C–C–N with tert-alkyl or cyclic N) is 1. The number of halogens is 2. The van der Waals surface area contributed by atoms with Gasteiger partial charge in [-0.3, -0.25) is 19.3 Å². The fourth-order valence-electron chi connectivity index (χ4n) is 3.04. The zero-order chi connectivity index (χ0) is 21.2. The van der Waals surface area contributed by atoms with Crippen LogP contribution in [0.15, 0.2) is 12.1 Å². The van der Waals surface area contributed by atoms with Gasteiger partial charge in [0, 0.05) is 31.3 Å². The van der Waals surface area contributed by atoms with Crippen molar-refractivity contribution in [2.24, 2.45) is 0 Å². The third-order valence-corrected chi connectivity index (χ3v) is 5.28. The molecule has 1 aliphatic heterocycles. The van der Waals surface area contributed by atoms with Crippen molar-refractivity contribution in [2.75, 3.05) is 18.8 Å². The highest BCUT2D eigenvalue weighted by atomic mass is 35.5. The van der Waals surface area contributed by atoms with Gasteiger partial charge in [0.15, 0.2) is 0 Å². The lowest BCUT2D eigenvalue weighted by Crippen LogP contribution is -2.48. The number of aliphatic hydroxyl groups is 1. The molecular weight excluding hydrogens is 405 g/mol. The first kappa shape index (κ1) is 22.5. The van der Waals surface area contributed by atoms with Gasteiger partial charge in [-0.25, -0.2) is 0 Å². The van der Waals surface area contributed by atoms with Crippen LogP contribution in [-0.4, -0.2) is 51.3 Å². The van der Waals surface area contributed by atoms with E-state index in [9.17, 15) is 19.5 Å². The largest absolute Gasteiger partial charge is 0.396 e. The van der Waals surface area contributed by atoms with Gasteiger partial charge < -0.3 is 15.7 Å². The van der Waals surface area contributed by atoms with Crippen molar-refractivity contribution in [3.63, 3.8) is 0 Å². The standard InChI is InChI=1S/C19H25Cl2N3O4/c1-19(2,3)24(17(28)6-7-23-15(26)4-5-16(23)27)10-14(25)11-8-12(20)18(22)13(21)9-11/h8-9,14,25H,4-7,10,22H2,1-3H3. The Kier molecular flexibility index (Phi) is 6.96. The number of likely N-dealkylation sites (tertiary alicyclic amines) is 1. The Hall–Kier alpha value is -1.83. The summed E-state index contributed by atoms with van der Waals surface area (Å²) in [4.78, 5) is 38.9. The Morgan fingerprint density at radius 3 is 2.18 bits per heavy atom. The number of carbonyl (C=O) groups excluding carboxylic acids is 3. The molecule has 0 bridgehead atoms. The summed E-state index contributed by atoms with van der Waals surface area (Å²) >= 11 is 12.1. The van der Waals surface area contributed by atoms with Crippen LogP contribution in [0.1, 0.15) is 51.7 Å². The Morgan fingerprint density at radius 2 is 1.71 bits per heavy atom. The van der Waals surface area contributed by atoms with Crippen LogP contribution >= 0.6 is 23.2 Å². The van der Waals surface area contributed by atoms with Crippen LogP contribution in [0.3, 0.4) is 0 Å². The first-order chi connectivity index (χ1) is 12.9. The van der Waals surface area contributed by atoms with Crippen LogP contribution in [-0.2, 0) is 14.4 Å². The van der Waals surface area contributed by atoms with E-state index < -0.39 is 11.6 Å². The molecule has 1 atom stereocenters. The molecule has 1 fully saturated rings. The Morgan fingerprint density at radius 1 is 1.21 bits per heavy atom. The topological polar surface area (TPSA) is 104 Å². The van der Waals surface area contributed by atoms with Crippen molar-refractivity contribution in [3.05, 3.63) is 27.7 Å². The first-order valence-electron chi connectivity index (χ1n) is 8.98. The molecular formula is C19H25Cl2N3O4. The number of nitrogens with two attached hydrogens (primary N) is 1. The van der Waals surface area contributed by atoms with Crippen LogP contribution in [0.5, 0.6) is 0 Å². The maximum absolute atomic E-state index is 12.8. The van der Waals surface area contributed by atoms with E-state index >= 15 is 0 Å². The summed E-state index contributed by atoms with van der Waals surface area (Å²) in [5.41, 5.74) is 5.80. The molecule has 0 radical (unpaired) electrons. The minimum Gasteiger partial charge on any atom is -0.396 e. The van der Waals surface area contributed by atoms with Gasteiger partial charge in [-0.05, 0) is 38.5 Å². The number of carbonyl (C=O) groups is 3. The molecule has 0 aromatic heterocycles. The van der Waals surface area contributed by atoms with E-state index in [0.717, 1.165) is 4.90 Å². The van der Waals surface area contributed by atoms with Crippen LogP contribution < -0.4 is 5.73 Å². The molecule has 0 spiro atoms. The fourth-order valence-corrected chi connectivity index (χ4v) is 3.54. The highest BCUT2D eigenvalue weighted by Gasteiger charge is 2.32. The monoisotopic (exact) mass is 429 g/mol. The smallest absolute Gasteiger partial charge is 0.229 e. The van der Waals surface area contributed by atoms with Crippen LogP contribution in [0.4, 0.5) is 5.69 Å². The molecule has 1 aromatic carbocycles. The van der Waals surface area contributed by atoms with Crippen LogP contribution in [0.25, 0.3) is 0 Å². The van der Waals surface area contributed by atoms with Gasteiger partial charge in [-0.2, -0.15) is 0 Å². The minimum absolute atomic E-state index is 0.000796. The Bertz CT molecular complexity index is 753. The van der Waals surface area contributed by atoms with E-state index in [1.165, 1.54) is 17.0 Å². The van der Waals surface area contributed by atoms with E-state index in [2.05, 4.69) is 0 Å². The first-order valence-corrected chi connectivity index (χ1v) is 9.73. The maximum atomic E-state index is 12.8. The summed E-state index contributed by atoms with van der Waals surface area (Å²) in [7, 11) is 0. The van der Waals surface area contributed by atoms with Crippen LogP contribution in [0.2, 0.25) is 10.0 Å². The number of hydrogen-bond donors (Lipinski definition) is 2. The van der Waals surface area contributed by atoms with E-state index in [-0.39, 0.29) is 65.8 Å². The number of imide groups is 1. The van der Waals surface area contributed by atoms with Crippen molar-refractivity contribution in [3.8, 4) is 0 Å². The molecule has 0 aliphatic carbocycles. The van der Waals surface area contributed by atoms with Crippen molar-refractivity contribution < 1.29 is 19.5 Å². The second kappa shape index (κ2) is 8.68. The lowest BCUT2D eigenvalue weighted by molar-refractivity contribution is -0.141. The molecule has 3 N–H and O–H groups in total. The van der Waals surface area contributed by atoms with Crippen molar-refractivity contribution in [1.29, 1.82) is 0 Å². The summed E-state index contributed by atoms with van der Waals surface area (Å²) in [5.74, 6) is -0.788. The lowest BCUT2D eigenvalue weighted by Gasteiger charge is -2.37. The zero-order valence-corrected chi connectivity index (χ0v) is 17.7. The lowest BCUT2D eigenvalue weighted by atomic mass is 10.0. The molecule has 1 heterocycles. The molecule has 0 saturated carbocycles. The SMILES string of the molecule is CC(C)(C)N(CC(O)c1cc(Cl)c(N)c(Cl)c1)C(=O)CCN1C(=O)CCC1=O. The van der Waals surface area contributed by atoms with Crippen LogP contribution in [0, 0.1) is 0 Å². The molecule has 7 nitrogen and oxygen atoms in total. The molecule has 28 heavy (non-hydrogen) atoms. The number of aliphatic hydroxyl groups excluding tert-OH is 1. The second-order valence-electron chi connectivity index (χ2n) is 7.78. The number of amides is 3. The van der Waals surface area contributed by atoms with E-state index in [0.29, 0.717) is 5.56 Å². The molecule has 1 saturated heterocycles. The molecule has 3 amide bonds. The zero-order valence-electron chi connectivity index (χ0n) is 16.2. The highest BCUT2D eigenvalue weighted by Crippen LogP contribution is 2.32. The Balaban J connectivity index is 2.12. The number of nitrogens with zero attached hydrogens (tertiary/aromatic N) is 2. The van der Waals surface area contributed by atoms with Gasteiger partial charge in [0.2, 0.25) is 17.7 Å². The Labute approximate surface area is 174 Å². The molecule has 2 rings (SSSR count). The van der Waals surface area contributed by atoms with Crippen molar-refractivity contribution >= 4 is 46.6 Å². The quantitative estimate of drug-likeness (QED) is 0.534. The van der Waals surface area contributed by atoms with Crippen molar-refractivity contribution in [1.82, 2.24) is 9.80 Å². The predicted octanol–water partition coefficient (Wildman–Crippen LogP) is 2.78. The second-order valence-corrected chi connectivity index (χ2v) is 8.59. The van der Waals surface area contributed by atoms with Gasteiger partial charge in [0.05, 0.1) is 28.4 Å². The van der Waals surface area contributed by atoms with Gasteiger partial charge in [-0.15, -0.1) is 0 Å². The molecule has 9 heteroatoms. The van der Waals surface area contributed by atoms with Gasteiger partial charge in [-0.1, -0.05) is 23.2 Å². The van der Waals surface area contributed by atoms with E-state index in [4.69, 9.17) is 28.9 Å². The van der Waals surface area contributed by atoms with Crippen molar-refractivity contribution in [2.45, 2.75) is 51.7 Å². The van der Waals surface area contributed by atoms with Gasteiger partial charge in [0.1, 0.15) is 0 Å². The number of hydrogen-bond acceptors (Lipinski definition) is 5. The summed E-state index contributed by atoms with van der Waals surface area (Å²) in [6.07, 6.45) is -0.667. The average molecular weight is 430 g/mol. The summed E-state index contributed by atoms with van der Waals surface area (Å²) in [5, 5.41) is 11.1. The van der Waals surface area contributed by atoms with E-state index in [1.54, 1.807) is 0 Å². The number of anilines is 1.